The maximum absolute atomic E-state index is 5.53. The van der Waals surface area contributed by atoms with Gasteiger partial charge in [0.1, 0.15) is 13.2 Å². The Morgan fingerprint density at radius 2 is 1.25 bits per heavy atom. The van der Waals surface area contributed by atoms with Crippen LogP contribution in [0.5, 0.6) is 0 Å². The minimum atomic E-state index is 0.249. The Labute approximate surface area is 96.8 Å². The Morgan fingerprint density at radius 3 is 1.50 bits per heavy atom. The molecule has 4 heteroatoms. The van der Waals surface area contributed by atoms with Crippen LogP contribution < -0.4 is 0 Å². The first-order valence-electron chi connectivity index (χ1n) is 5.99. The third-order valence-electron chi connectivity index (χ3n) is 3.07. The van der Waals surface area contributed by atoms with Crippen LogP contribution in [0.25, 0.3) is 0 Å². The van der Waals surface area contributed by atoms with Crippen LogP contribution in [-0.4, -0.2) is 37.1 Å². The highest BCUT2D eigenvalue weighted by molar-refractivity contribution is 6.36. The highest BCUT2D eigenvalue weighted by Gasteiger charge is 2.31. The molecule has 0 amide bonds. The second kappa shape index (κ2) is 4.44. The monoisotopic (exact) mass is 224 g/mol. The van der Waals surface area contributed by atoms with Gasteiger partial charge in [-0.2, -0.15) is 0 Å². The number of hydrogen-bond donors (Lipinski definition) is 0. The van der Waals surface area contributed by atoms with Crippen molar-refractivity contribution in [2.45, 2.75) is 39.8 Å². The molecule has 2 aliphatic heterocycles. The van der Waals surface area contributed by atoms with E-state index in [2.05, 4.69) is 37.7 Å². The van der Waals surface area contributed by atoms with E-state index in [0.717, 1.165) is 0 Å². The first-order valence-corrected chi connectivity index (χ1v) is 5.99. The van der Waals surface area contributed by atoms with Gasteiger partial charge in [0.2, 0.25) is 0 Å². The lowest BCUT2D eigenvalue weighted by Gasteiger charge is -2.06. The molecule has 16 heavy (non-hydrogen) atoms. The highest BCUT2D eigenvalue weighted by atomic mass is 16.5. The molecule has 0 unspecified atom stereocenters. The molecule has 90 valence electrons. The molecule has 0 fully saturated rings. The molecule has 2 heterocycles. The number of nitrogens with zero attached hydrogens (tertiary/aromatic N) is 2. The highest BCUT2D eigenvalue weighted by Crippen LogP contribution is 2.19. The molecule has 4 nitrogen and oxygen atoms in total. The van der Waals surface area contributed by atoms with Crippen LogP contribution >= 0.6 is 0 Å². The average molecular weight is 224 g/mol. The van der Waals surface area contributed by atoms with Gasteiger partial charge in [-0.3, -0.25) is 0 Å². The molecular weight excluding hydrogens is 204 g/mol. The summed E-state index contributed by atoms with van der Waals surface area (Å²) < 4.78 is 11.1. The first kappa shape index (κ1) is 11.4. The Bertz CT molecular complexity index is 289. The molecule has 0 bridgehead atoms. The smallest absolute Gasteiger partial charge is 0.273 e. The van der Waals surface area contributed by atoms with Gasteiger partial charge in [-0.15, -0.1) is 0 Å². The van der Waals surface area contributed by atoms with E-state index < -0.39 is 0 Å². The van der Waals surface area contributed by atoms with Gasteiger partial charge in [0, 0.05) is 0 Å². The molecule has 0 radical (unpaired) electrons. The fourth-order valence-electron chi connectivity index (χ4n) is 1.70. The summed E-state index contributed by atoms with van der Waals surface area (Å²) in [6.07, 6.45) is 0. The molecule has 0 spiro atoms. The van der Waals surface area contributed by atoms with Crippen molar-refractivity contribution < 1.29 is 9.47 Å². The van der Waals surface area contributed by atoms with Crippen LogP contribution in [0.1, 0.15) is 27.7 Å². The summed E-state index contributed by atoms with van der Waals surface area (Å²) in [4.78, 5) is 9.00. The number of ether oxygens (including phenoxy) is 2. The van der Waals surface area contributed by atoms with Crippen LogP contribution in [0, 0.1) is 11.8 Å². The zero-order chi connectivity index (χ0) is 11.7. The second-order valence-electron chi connectivity index (χ2n) is 5.11. The zero-order valence-corrected chi connectivity index (χ0v) is 10.4. The van der Waals surface area contributed by atoms with E-state index in [9.17, 15) is 0 Å². The lowest BCUT2D eigenvalue weighted by atomic mass is 10.1. The van der Waals surface area contributed by atoms with Gasteiger partial charge in [0.15, 0.2) is 0 Å². The fraction of sp³-hybridized carbons (Fsp3) is 0.833. The fourth-order valence-corrected chi connectivity index (χ4v) is 1.70. The van der Waals surface area contributed by atoms with E-state index in [1.165, 1.54) is 0 Å². The second-order valence-corrected chi connectivity index (χ2v) is 5.11. The summed E-state index contributed by atoms with van der Waals surface area (Å²) in [5.74, 6) is 2.20. The Morgan fingerprint density at radius 1 is 0.875 bits per heavy atom. The normalized spacial score (nSPS) is 29.1. The van der Waals surface area contributed by atoms with Crippen molar-refractivity contribution in [3.63, 3.8) is 0 Å². The van der Waals surface area contributed by atoms with Crippen molar-refractivity contribution in [1.82, 2.24) is 0 Å². The molecule has 0 saturated heterocycles. The number of rotatable bonds is 3. The van der Waals surface area contributed by atoms with Crippen LogP contribution in [0.4, 0.5) is 0 Å². The van der Waals surface area contributed by atoms with E-state index >= 15 is 0 Å². The Kier molecular flexibility index (Phi) is 3.17. The van der Waals surface area contributed by atoms with Gasteiger partial charge in [-0.1, -0.05) is 27.7 Å². The van der Waals surface area contributed by atoms with Crippen LogP contribution in [-0.2, 0) is 9.47 Å². The van der Waals surface area contributed by atoms with Crippen LogP contribution in [0.15, 0.2) is 9.98 Å². The van der Waals surface area contributed by atoms with Crippen molar-refractivity contribution >= 4 is 11.8 Å². The maximum atomic E-state index is 5.53. The molecular formula is C12H20N2O2. The largest absolute Gasteiger partial charge is 0.472 e. The van der Waals surface area contributed by atoms with E-state index in [-0.39, 0.29) is 12.1 Å². The van der Waals surface area contributed by atoms with Gasteiger partial charge in [0.05, 0.1) is 12.1 Å². The quantitative estimate of drug-likeness (QED) is 0.734. The lowest BCUT2D eigenvalue weighted by Crippen LogP contribution is -2.15. The van der Waals surface area contributed by atoms with E-state index in [0.29, 0.717) is 36.8 Å². The van der Waals surface area contributed by atoms with Gasteiger partial charge >= 0.3 is 0 Å². The molecule has 0 aromatic heterocycles. The van der Waals surface area contributed by atoms with E-state index in [1.807, 2.05) is 0 Å². The standard InChI is InChI=1S/C12H20N2O2/c1-7(2)9-5-15-11(13-9)12-14-10(6-16-12)8(3)4/h7-10H,5-6H2,1-4H3/t9-,10-/m0/s1. The summed E-state index contributed by atoms with van der Waals surface area (Å²) >= 11 is 0. The van der Waals surface area contributed by atoms with Crippen molar-refractivity contribution in [3.8, 4) is 0 Å². The van der Waals surface area contributed by atoms with Gasteiger partial charge in [-0.05, 0) is 11.8 Å². The Hall–Kier alpha value is -1.06. The van der Waals surface area contributed by atoms with Crippen molar-refractivity contribution in [2.75, 3.05) is 13.2 Å². The predicted octanol–water partition coefficient (Wildman–Crippen LogP) is 1.89. The molecule has 2 aliphatic rings. The molecule has 0 aliphatic carbocycles. The summed E-state index contributed by atoms with van der Waals surface area (Å²) in [5.41, 5.74) is 0. The maximum Gasteiger partial charge on any atom is 0.273 e. The summed E-state index contributed by atoms with van der Waals surface area (Å²) in [6.45, 7) is 9.90. The summed E-state index contributed by atoms with van der Waals surface area (Å²) in [5, 5.41) is 0. The zero-order valence-electron chi connectivity index (χ0n) is 10.4. The third-order valence-corrected chi connectivity index (χ3v) is 3.07. The van der Waals surface area contributed by atoms with E-state index in [1.54, 1.807) is 0 Å². The summed E-state index contributed by atoms with van der Waals surface area (Å²) in [6, 6.07) is 0.499. The van der Waals surface area contributed by atoms with Gasteiger partial charge in [-0.25, -0.2) is 9.98 Å². The third kappa shape index (κ3) is 2.20. The summed E-state index contributed by atoms with van der Waals surface area (Å²) in [7, 11) is 0. The van der Waals surface area contributed by atoms with Crippen LogP contribution in [0.2, 0.25) is 0 Å². The van der Waals surface area contributed by atoms with Crippen molar-refractivity contribution in [1.29, 1.82) is 0 Å². The number of aliphatic imine (C=N–C) groups is 2. The average Bonchev–Trinajstić information content (AvgIpc) is 2.86. The van der Waals surface area contributed by atoms with Gasteiger partial charge < -0.3 is 9.47 Å². The minimum Gasteiger partial charge on any atom is -0.472 e. The predicted molar refractivity (Wildman–Crippen MR) is 64.0 cm³/mol. The minimum absolute atomic E-state index is 0.249. The molecule has 2 atom stereocenters. The van der Waals surface area contributed by atoms with Gasteiger partial charge in [0.25, 0.3) is 11.8 Å². The first-order chi connectivity index (χ1) is 7.58. The molecule has 0 aromatic rings. The van der Waals surface area contributed by atoms with Crippen molar-refractivity contribution in [3.05, 3.63) is 0 Å². The molecule has 0 aromatic carbocycles. The topological polar surface area (TPSA) is 43.2 Å². The molecule has 0 saturated carbocycles. The lowest BCUT2D eigenvalue weighted by molar-refractivity contribution is 0.273. The number of hydrogen-bond acceptors (Lipinski definition) is 4. The SMILES string of the molecule is CC(C)[C@@H]1COC(C2=N[C@H](C(C)C)CO2)=N1. The Balaban J connectivity index is 2.05. The van der Waals surface area contributed by atoms with E-state index in [4.69, 9.17) is 9.47 Å². The molecule has 2 rings (SSSR count). The van der Waals surface area contributed by atoms with Crippen LogP contribution in [0.3, 0.4) is 0 Å². The molecule has 0 N–H and O–H groups in total. The van der Waals surface area contributed by atoms with Crippen molar-refractivity contribution in [2.24, 2.45) is 21.8 Å².